The number of nitrogens with zero attached hydrogens (tertiary/aromatic N) is 1. The van der Waals surface area contributed by atoms with Gasteiger partial charge < -0.3 is 10.2 Å². The van der Waals surface area contributed by atoms with Crippen LogP contribution in [0.4, 0.5) is 0 Å². The fourth-order valence-corrected chi connectivity index (χ4v) is 3.01. The fourth-order valence-electron chi connectivity index (χ4n) is 3.01. The summed E-state index contributed by atoms with van der Waals surface area (Å²) >= 11 is 0. The third-order valence-corrected chi connectivity index (χ3v) is 4.03. The van der Waals surface area contributed by atoms with Crippen LogP contribution in [0.3, 0.4) is 0 Å². The topological polar surface area (TPSA) is 32.3 Å². The van der Waals surface area contributed by atoms with E-state index in [1.807, 2.05) is 0 Å². The van der Waals surface area contributed by atoms with E-state index in [1.165, 1.54) is 19.3 Å². The molecule has 0 aromatic heterocycles. The first-order valence-electron chi connectivity index (χ1n) is 6.84. The van der Waals surface area contributed by atoms with Gasteiger partial charge in [0.25, 0.3) is 0 Å². The summed E-state index contributed by atoms with van der Waals surface area (Å²) in [6.07, 6.45) is 7.06. The largest absolute Gasteiger partial charge is 0.339 e. The number of hydrogen-bond acceptors (Lipinski definition) is 2. The number of carbonyl (C=O) groups excluding carboxylic acids is 1. The monoisotopic (exact) mass is 224 g/mol. The number of piperidine rings is 2. The Morgan fingerprint density at radius 2 is 2.19 bits per heavy atom. The smallest absolute Gasteiger partial charge is 0.227 e. The minimum atomic E-state index is 0.251. The van der Waals surface area contributed by atoms with Crippen LogP contribution in [0.5, 0.6) is 0 Å². The summed E-state index contributed by atoms with van der Waals surface area (Å²) in [5, 5.41) is 3.34. The summed E-state index contributed by atoms with van der Waals surface area (Å²) in [6, 6.07) is 0.517. The first-order valence-corrected chi connectivity index (χ1v) is 6.84. The van der Waals surface area contributed by atoms with Crippen molar-refractivity contribution in [1.82, 2.24) is 10.2 Å². The van der Waals surface area contributed by atoms with Gasteiger partial charge in [0.05, 0.1) is 5.92 Å². The Labute approximate surface area is 98.6 Å². The summed E-state index contributed by atoms with van der Waals surface area (Å²) in [4.78, 5) is 14.6. The highest BCUT2D eigenvalue weighted by Gasteiger charge is 2.31. The number of carbonyl (C=O) groups is 1. The van der Waals surface area contributed by atoms with Crippen LogP contribution in [0.1, 0.15) is 45.4 Å². The van der Waals surface area contributed by atoms with E-state index in [-0.39, 0.29) is 5.92 Å². The molecule has 0 radical (unpaired) electrons. The van der Waals surface area contributed by atoms with Crippen molar-refractivity contribution >= 4 is 5.91 Å². The van der Waals surface area contributed by atoms with Gasteiger partial charge in [-0.3, -0.25) is 4.79 Å². The second kappa shape index (κ2) is 5.67. The second-order valence-corrected chi connectivity index (χ2v) is 5.13. The molecule has 2 fully saturated rings. The van der Waals surface area contributed by atoms with E-state index in [9.17, 15) is 4.79 Å². The zero-order valence-electron chi connectivity index (χ0n) is 10.4. The molecule has 0 aromatic carbocycles. The third-order valence-electron chi connectivity index (χ3n) is 4.03. The van der Waals surface area contributed by atoms with E-state index in [4.69, 9.17) is 0 Å². The fraction of sp³-hybridized carbons (Fsp3) is 0.923. The first-order chi connectivity index (χ1) is 7.83. The normalized spacial score (nSPS) is 31.4. The zero-order valence-corrected chi connectivity index (χ0v) is 10.4. The molecule has 1 N–H and O–H groups in total. The van der Waals surface area contributed by atoms with Crippen molar-refractivity contribution < 1.29 is 4.79 Å². The van der Waals surface area contributed by atoms with E-state index in [1.54, 1.807) is 0 Å². The van der Waals surface area contributed by atoms with Crippen molar-refractivity contribution in [3.8, 4) is 0 Å². The van der Waals surface area contributed by atoms with Gasteiger partial charge in [0.2, 0.25) is 5.91 Å². The maximum absolute atomic E-state index is 12.4. The Hall–Kier alpha value is -0.570. The van der Waals surface area contributed by atoms with Crippen LogP contribution in [0.15, 0.2) is 0 Å². The van der Waals surface area contributed by atoms with Gasteiger partial charge in [-0.2, -0.15) is 0 Å². The third kappa shape index (κ3) is 2.57. The van der Waals surface area contributed by atoms with Gasteiger partial charge in [0, 0.05) is 19.1 Å². The zero-order chi connectivity index (χ0) is 11.4. The second-order valence-electron chi connectivity index (χ2n) is 5.13. The van der Waals surface area contributed by atoms with Crippen LogP contribution in [0.25, 0.3) is 0 Å². The van der Waals surface area contributed by atoms with Gasteiger partial charge in [-0.15, -0.1) is 0 Å². The van der Waals surface area contributed by atoms with Gasteiger partial charge in [-0.05, 0) is 45.1 Å². The average Bonchev–Trinajstić information content (AvgIpc) is 2.39. The predicted molar refractivity (Wildman–Crippen MR) is 65.2 cm³/mol. The van der Waals surface area contributed by atoms with Crippen molar-refractivity contribution in [2.75, 3.05) is 19.6 Å². The SMILES string of the molecule is CC[C@H]1CCCCN1C(=O)[C@H]1CCCNC1. The average molecular weight is 224 g/mol. The molecule has 2 heterocycles. The van der Waals surface area contributed by atoms with Crippen LogP contribution < -0.4 is 5.32 Å². The van der Waals surface area contributed by atoms with Crippen LogP contribution in [-0.4, -0.2) is 36.5 Å². The maximum Gasteiger partial charge on any atom is 0.227 e. The molecule has 3 heteroatoms. The Balaban J connectivity index is 1.95. The molecule has 92 valence electrons. The molecule has 1 amide bonds. The highest BCUT2D eigenvalue weighted by molar-refractivity contribution is 5.79. The van der Waals surface area contributed by atoms with Crippen molar-refractivity contribution in [3.05, 3.63) is 0 Å². The summed E-state index contributed by atoms with van der Waals surface area (Å²) in [6.45, 7) is 5.18. The Morgan fingerprint density at radius 3 is 2.88 bits per heavy atom. The standard InChI is InChI=1S/C13H24N2O/c1-2-12-7-3-4-9-15(12)13(16)11-6-5-8-14-10-11/h11-12,14H,2-10H2,1H3/t11-,12-/m0/s1. The Morgan fingerprint density at radius 1 is 1.31 bits per heavy atom. The van der Waals surface area contributed by atoms with Crippen molar-refractivity contribution in [2.24, 2.45) is 5.92 Å². The molecule has 0 bridgehead atoms. The minimum Gasteiger partial charge on any atom is -0.339 e. The van der Waals surface area contributed by atoms with Gasteiger partial charge in [0.1, 0.15) is 0 Å². The van der Waals surface area contributed by atoms with Crippen molar-refractivity contribution in [3.63, 3.8) is 0 Å². The van der Waals surface area contributed by atoms with Crippen molar-refractivity contribution in [2.45, 2.75) is 51.5 Å². The van der Waals surface area contributed by atoms with E-state index in [2.05, 4.69) is 17.1 Å². The summed E-state index contributed by atoms with van der Waals surface area (Å²) < 4.78 is 0. The molecule has 2 aliphatic rings. The van der Waals surface area contributed by atoms with Crippen molar-refractivity contribution in [1.29, 1.82) is 0 Å². The summed E-state index contributed by atoms with van der Waals surface area (Å²) in [5.41, 5.74) is 0. The van der Waals surface area contributed by atoms with Gasteiger partial charge in [-0.25, -0.2) is 0 Å². The first kappa shape index (κ1) is 11.9. The quantitative estimate of drug-likeness (QED) is 0.775. The molecule has 16 heavy (non-hydrogen) atoms. The lowest BCUT2D eigenvalue weighted by atomic mass is 9.93. The number of amides is 1. The Bertz CT molecular complexity index is 236. The minimum absolute atomic E-state index is 0.251. The molecular weight excluding hydrogens is 200 g/mol. The van der Waals surface area contributed by atoms with Crippen LogP contribution in [0.2, 0.25) is 0 Å². The molecule has 3 nitrogen and oxygen atoms in total. The van der Waals surface area contributed by atoms with E-state index < -0.39 is 0 Å². The Kier molecular flexibility index (Phi) is 4.22. The van der Waals surface area contributed by atoms with E-state index in [0.29, 0.717) is 11.9 Å². The molecule has 0 aromatic rings. The lowest BCUT2D eigenvalue weighted by Gasteiger charge is -2.38. The molecule has 2 rings (SSSR count). The summed E-state index contributed by atoms with van der Waals surface area (Å²) in [5.74, 6) is 0.666. The molecule has 0 spiro atoms. The molecule has 0 aliphatic carbocycles. The summed E-state index contributed by atoms with van der Waals surface area (Å²) in [7, 11) is 0. The maximum atomic E-state index is 12.4. The predicted octanol–water partition coefficient (Wildman–Crippen LogP) is 1.78. The number of rotatable bonds is 2. The lowest BCUT2D eigenvalue weighted by molar-refractivity contribution is -0.139. The van der Waals surface area contributed by atoms with Crippen LogP contribution in [0, 0.1) is 5.92 Å². The van der Waals surface area contributed by atoms with Gasteiger partial charge in [-0.1, -0.05) is 6.92 Å². The van der Waals surface area contributed by atoms with Crippen LogP contribution in [-0.2, 0) is 4.79 Å². The van der Waals surface area contributed by atoms with Gasteiger partial charge >= 0.3 is 0 Å². The van der Waals surface area contributed by atoms with Gasteiger partial charge in [0.15, 0.2) is 0 Å². The number of likely N-dealkylation sites (tertiary alicyclic amines) is 1. The number of hydrogen-bond donors (Lipinski definition) is 1. The molecule has 2 saturated heterocycles. The van der Waals surface area contributed by atoms with E-state index >= 15 is 0 Å². The van der Waals surface area contributed by atoms with E-state index in [0.717, 1.165) is 38.9 Å². The molecule has 2 aliphatic heterocycles. The lowest BCUT2D eigenvalue weighted by Crippen LogP contribution is -2.49. The molecule has 0 saturated carbocycles. The number of nitrogens with one attached hydrogen (secondary N) is 1. The highest BCUT2D eigenvalue weighted by Crippen LogP contribution is 2.23. The molecule has 2 atom stereocenters. The molecular formula is C13H24N2O. The highest BCUT2D eigenvalue weighted by atomic mass is 16.2. The van der Waals surface area contributed by atoms with Crippen LogP contribution >= 0.6 is 0 Å². The molecule has 0 unspecified atom stereocenters.